The molecule has 36 heavy (non-hydrogen) atoms. The molecule has 182 valence electrons. The first-order valence-electron chi connectivity index (χ1n) is 12.3. The van der Waals surface area contributed by atoms with Crippen molar-refractivity contribution >= 4 is 29.2 Å². The number of hydrogen-bond donors (Lipinski definition) is 2. The van der Waals surface area contributed by atoms with Crippen molar-refractivity contribution in [2.24, 2.45) is 12.5 Å². The second kappa shape index (κ2) is 8.75. The lowest BCUT2D eigenvalue weighted by atomic mass is 9.85. The molecule has 4 aromatic rings. The summed E-state index contributed by atoms with van der Waals surface area (Å²) in [4.78, 5) is 27.9. The second-order valence-corrected chi connectivity index (χ2v) is 9.63. The van der Waals surface area contributed by atoms with E-state index in [2.05, 4.69) is 20.4 Å². The Morgan fingerprint density at radius 1 is 0.917 bits per heavy atom. The maximum absolute atomic E-state index is 13.1. The Kier molecular flexibility index (Phi) is 5.40. The van der Waals surface area contributed by atoms with E-state index in [1.807, 2.05) is 66.5 Å². The smallest absolute Gasteiger partial charge is 0.233 e. The molecule has 0 unspecified atom stereocenters. The number of aromatic nitrogens is 5. The zero-order valence-electron chi connectivity index (χ0n) is 20.2. The number of benzene rings is 2. The van der Waals surface area contributed by atoms with Crippen molar-refractivity contribution in [3.05, 3.63) is 60.8 Å². The summed E-state index contributed by atoms with van der Waals surface area (Å²) in [6.07, 6.45) is 7.02. The van der Waals surface area contributed by atoms with E-state index in [1.54, 1.807) is 10.9 Å². The van der Waals surface area contributed by atoms with Crippen LogP contribution in [0.25, 0.3) is 22.6 Å². The van der Waals surface area contributed by atoms with E-state index in [9.17, 15) is 4.79 Å². The van der Waals surface area contributed by atoms with Crippen LogP contribution in [-0.2, 0) is 11.8 Å². The van der Waals surface area contributed by atoms with Crippen molar-refractivity contribution < 1.29 is 4.79 Å². The molecule has 2 aromatic carbocycles. The number of carbonyl (C=O) groups is 1. The van der Waals surface area contributed by atoms with E-state index < -0.39 is 0 Å². The molecule has 2 aliphatic rings. The average molecular weight is 481 g/mol. The van der Waals surface area contributed by atoms with E-state index in [1.165, 1.54) is 12.8 Å². The van der Waals surface area contributed by atoms with Crippen LogP contribution in [0.4, 0.5) is 23.3 Å². The standard InChI is InChI=1S/C27H28N8O/c1-34-26(30-20-8-4-18(5-9-20)22-12-16-29-25(28)31-22)32-23(33-34)19-6-10-21(11-7-19)35-17-15-27(24(35)36)13-2-3-14-27/h4-12,16H,2-3,13-15,17H2,1H3,(H2,28,29,31)(H,30,32,33). The summed E-state index contributed by atoms with van der Waals surface area (Å²) in [5, 5.41) is 7.90. The maximum Gasteiger partial charge on any atom is 0.233 e. The van der Waals surface area contributed by atoms with Gasteiger partial charge in [-0.3, -0.25) is 4.79 Å². The van der Waals surface area contributed by atoms with E-state index in [0.29, 0.717) is 17.7 Å². The number of rotatable bonds is 5. The molecule has 1 saturated carbocycles. The molecular formula is C27H28N8O. The number of nitrogens with one attached hydrogen (secondary N) is 1. The van der Waals surface area contributed by atoms with Crippen LogP contribution in [0.15, 0.2) is 60.8 Å². The summed E-state index contributed by atoms with van der Waals surface area (Å²) in [5.74, 6) is 1.80. The topological polar surface area (TPSA) is 115 Å². The largest absolute Gasteiger partial charge is 0.368 e. The second-order valence-electron chi connectivity index (χ2n) is 9.63. The Hall–Kier alpha value is -4.27. The van der Waals surface area contributed by atoms with Gasteiger partial charge in [0, 0.05) is 42.3 Å². The summed E-state index contributed by atoms with van der Waals surface area (Å²) in [6.45, 7) is 0.803. The molecule has 1 aliphatic carbocycles. The average Bonchev–Trinajstić information content (AvgIpc) is 3.60. The minimum absolute atomic E-state index is 0.109. The van der Waals surface area contributed by atoms with Gasteiger partial charge in [0.05, 0.1) is 11.1 Å². The third-order valence-corrected chi connectivity index (χ3v) is 7.38. The van der Waals surface area contributed by atoms with Crippen molar-refractivity contribution in [1.82, 2.24) is 24.7 Å². The molecular weight excluding hydrogens is 452 g/mol. The molecule has 0 atom stereocenters. The number of carbonyl (C=O) groups excluding carboxylic acids is 1. The monoisotopic (exact) mass is 480 g/mol. The number of nitrogens with two attached hydrogens (primary N) is 1. The fraction of sp³-hybridized carbons (Fsp3) is 0.296. The van der Waals surface area contributed by atoms with E-state index in [4.69, 9.17) is 10.7 Å². The Bertz CT molecular complexity index is 1400. The summed E-state index contributed by atoms with van der Waals surface area (Å²) in [6, 6.07) is 17.7. The van der Waals surface area contributed by atoms with Crippen molar-refractivity contribution in [2.75, 3.05) is 22.5 Å². The first-order valence-corrected chi connectivity index (χ1v) is 12.3. The van der Waals surface area contributed by atoms with Crippen LogP contribution in [0, 0.1) is 5.41 Å². The fourth-order valence-corrected chi connectivity index (χ4v) is 5.38. The predicted molar refractivity (Wildman–Crippen MR) is 139 cm³/mol. The lowest BCUT2D eigenvalue weighted by Gasteiger charge is -2.22. The summed E-state index contributed by atoms with van der Waals surface area (Å²) in [7, 11) is 1.86. The van der Waals surface area contributed by atoms with Crippen molar-refractivity contribution in [1.29, 1.82) is 0 Å². The number of amides is 1. The summed E-state index contributed by atoms with van der Waals surface area (Å²) in [5.41, 5.74) is 10.0. The van der Waals surface area contributed by atoms with Crippen molar-refractivity contribution in [3.8, 4) is 22.6 Å². The summed E-state index contributed by atoms with van der Waals surface area (Å²) < 4.78 is 1.72. The van der Waals surface area contributed by atoms with Crippen LogP contribution in [0.5, 0.6) is 0 Å². The highest BCUT2D eigenvalue weighted by molar-refractivity contribution is 6.00. The first-order chi connectivity index (χ1) is 17.5. The van der Waals surface area contributed by atoms with Crippen LogP contribution in [0.3, 0.4) is 0 Å². The highest BCUT2D eigenvalue weighted by atomic mass is 16.2. The molecule has 1 saturated heterocycles. The quantitative estimate of drug-likeness (QED) is 0.430. The van der Waals surface area contributed by atoms with Gasteiger partial charge in [-0.25, -0.2) is 14.6 Å². The van der Waals surface area contributed by atoms with Gasteiger partial charge in [-0.15, -0.1) is 5.10 Å². The highest BCUT2D eigenvalue weighted by Gasteiger charge is 2.48. The van der Waals surface area contributed by atoms with Gasteiger partial charge in [-0.05, 0) is 61.7 Å². The molecule has 9 heteroatoms. The van der Waals surface area contributed by atoms with Crippen LogP contribution in [0.1, 0.15) is 32.1 Å². The molecule has 3 heterocycles. The van der Waals surface area contributed by atoms with Gasteiger partial charge in [0.15, 0.2) is 5.82 Å². The molecule has 1 amide bonds. The third kappa shape index (κ3) is 3.96. The van der Waals surface area contributed by atoms with Gasteiger partial charge >= 0.3 is 0 Å². The van der Waals surface area contributed by atoms with Gasteiger partial charge in [0.1, 0.15) is 0 Å². The van der Waals surface area contributed by atoms with Crippen molar-refractivity contribution in [2.45, 2.75) is 32.1 Å². The number of hydrogen-bond acceptors (Lipinski definition) is 7. The van der Waals surface area contributed by atoms with Gasteiger partial charge in [-0.2, -0.15) is 4.98 Å². The fourth-order valence-electron chi connectivity index (χ4n) is 5.38. The minimum Gasteiger partial charge on any atom is -0.368 e. The molecule has 0 bridgehead atoms. The number of nitrogen functional groups attached to an aromatic ring is 1. The Morgan fingerprint density at radius 2 is 1.64 bits per heavy atom. The summed E-state index contributed by atoms with van der Waals surface area (Å²) >= 11 is 0. The predicted octanol–water partition coefficient (Wildman–Crippen LogP) is 4.56. The molecule has 6 rings (SSSR count). The zero-order chi connectivity index (χ0) is 24.7. The SMILES string of the molecule is Cn1nc(-c2ccc(N3CCC4(CCCC4)C3=O)cc2)nc1Nc1ccc(-c2ccnc(N)n2)cc1. The van der Waals surface area contributed by atoms with Gasteiger partial charge in [0.2, 0.25) is 17.8 Å². The maximum atomic E-state index is 13.1. The van der Waals surface area contributed by atoms with E-state index >= 15 is 0 Å². The van der Waals surface area contributed by atoms with E-state index in [-0.39, 0.29) is 11.4 Å². The van der Waals surface area contributed by atoms with Crippen molar-refractivity contribution in [3.63, 3.8) is 0 Å². The van der Waals surface area contributed by atoms with Gasteiger partial charge in [-0.1, -0.05) is 25.0 Å². The number of anilines is 4. The van der Waals surface area contributed by atoms with Crippen LogP contribution in [0.2, 0.25) is 0 Å². The number of aryl methyl sites for hydroxylation is 1. The Balaban J connectivity index is 1.16. The molecule has 2 aromatic heterocycles. The van der Waals surface area contributed by atoms with Gasteiger partial charge in [0.25, 0.3) is 0 Å². The molecule has 0 radical (unpaired) electrons. The molecule has 3 N–H and O–H groups in total. The lowest BCUT2D eigenvalue weighted by molar-refractivity contribution is -0.125. The Morgan fingerprint density at radius 3 is 2.36 bits per heavy atom. The minimum atomic E-state index is -0.109. The molecule has 2 fully saturated rings. The van der Waals surface area contributed by atoms with Crippen LogP contribution in [-0.4, -0.2) is 37.2 Å². The number of nitrogens with zero attached hydrogens (tertiary/aromatic N) is 6. The Labute approximate surface area is 209 Å². The van der Waals surface area contributed by atoms with Crippen LogP contribution < -0.4 is 16.0 Å². The first kappa shape index (κ1) is 22.2. The highest BCUT2D eigenvalue weighted by Crippen LogP contribution is 2.47. The zero-order valence-corrected chi connectivity index (χ0v) is 20.2. The van der Waals surface area contributed by atoms with E-state index in [0.717, 1.165) is 54.0 Å². The van der Waals surface area contributed by atoms with Gasteiger partial charge < -0.3 is 16.0 Å². The molecule has 9 nitrogen and oxygen atoms in total. The normalized spacial score (nSPS) is 16.7. The molecule has 1 aliphatic heterocycles. The van der Waals surface area contributed by atoms with Crippen LogP contribution >= 0.6 is 0 Å². The lowest BCUT2D eigenvalue weighted by Crippen LogP contribution is -2.32. The third-order valence-electron chi connectivity index (χ3n) is 7.38. The molecule has 1 spiro atoms.